The number of carbonyl (C=O) groups excluding carboxylic acids is 1. The van der Waals surface area contributed by atoms with Crippen molar-refractivity contribution in [1.29, 1.82) is 0 Å². The van der Waals surface area contributed by atoms with Crippen LogP contribution in [0.4, 0.5) is 0 Å². The summed E-state index contributed by atoms with van der Waals surface area (Å²) >= 11 is 1.65. The number of aromatic nitrogens is 3. The molecule has 2 aromatic heterocycles. The van der Waals surface area contributed by atoms with E-state index in [9.17, 15) is 4.79 Å². The van der Waals surface area contributed by atoms with E-state index in [2.05, 4.69) is 36.1 Å². The fraction of sp³-hybridized carbons (Fsp3) is 0.529. The maximum absolute atomic E-state index is 12.8. The molecule has 3 rings (SSSR count). The molecule has 5 nitrogen and oxygen atoms in total. The molecule has 23 heavy (non-hydrogen) atoms. The molecule has 0 radical (unpaired) electrons. The van der Waals surface area contributed by atoms with Gasteiger partial charge in [0.15, 0.2) is 0 Å². The Hall–Kier alpha value is -1.82. The zero-order valence-electron chi connectivity index (χ0n) is 13.8. The number of nitrogens with zero attached hydrogens (tertiary/aromatic N) is 4. The lowest BCUT2D eigenvalue weighted by molar-refractivity contribution is 0.0598. The topological polar surface area (TPSA) is 59.0 Å². The van der Waals surface area contributed by atoms with E-state index >= 15 is 0 Å². The molecule has 0 spiro atoms. The minimum absolute atomic E-state index is 0.0286. The minimum Gasteiger partial charge on any atom is -0.326 e. The van der Waals surface area contributed by atoms with E-state index in [1.54, 1.807) is 29.8 Å². The van der Waals surface area contributed by atoms with Crippen LogP contribution in [0.2, 0.25) is 0 Å². The summed E-state index contributed by atoms with van der Waals surface area (Å²) in [6.45, 7) is 7.22. The van der Waals surface area contributed by atoms with Gasteiger partial charge in [-0.15, -0.1) is 11.3 Å². The average Bonchev–Trinajstić information content (AvgIpc) is 3.05. The highest BCUT2D eigenvalue weighted by Gasteiger charge is 2.32. The van der Waals surface area contributed by atoms with E-state index < -0.39 is 0 Å². The molecule has 6 heteroatoms. The Kier molecular flexibility index (Phi) is 4.43. The Morgan fingerprint density at radius 3 is 2.65 bits per heavy atom. The molecule has 1 atom stereocenters. The molecule has 122 valence electrons. The smallest absolute Gasteiger partial charge is 0.292 e. The van der Waals surface area contributed by atoms with Crippen molar-refractivity contribution in [2.45, 2.75) is 51.5 Å². The lowest BCUT2D eigenvalue weighted by Crippen LogP contribution is -2.39. The lowest BCUT2D eigenvalue weighted by atomic mass is 9.93. The molecule has 1 fully saturated rings. The lowest BCUT2D eigenvalue weighted by Gasteiger charge is -2.34. The second-order valence-corrected chi connectivity index (χ2v) is 7.79. The Bertz CT molecular complexity index is 677. The van der Waals surface area contributed by atoms with Crippen LogP contribution in [-0.4, -0.2) is 32.3 Å². The second kappa shape index (κ2) is 6.35. The van der Waals surface area contributed by atoms with Crippen LogP contribution in [-0.2, 0) is 5.41 Å². The summed E-state index contributed by atoms with van der Waals surface area (Å²) in [7, 11) is 0. The number of piperidine rings is 1. The Labute approximate surface area is 140 Å². The fourth-order valence-corrected chi connectivity index (χ4v) is 3.95. The zero-order valence-corrected chi connectivity index (χ0v) is 14.6. The highest BCUT2D eigenvalue weighted by atomic mass is 32.1. The molecular weight excluding hydrogens is 308 g/mol. The second-order valence-electron chi connectivity index (χ2n) is 6.90. The molecule has 1 aliphatic heterocycles. The van der Waals surface area contributed by atoms with Gasteiger partial charge >= 0.3 is 0 Å². The molecule has 0 unspecified atom stereocenters. The number of rotatable bonds is 2. The van der Waals surface area contributed by atoms with Crippen molar-refractivity contribution in [1.82, 2.24) is 19.9 Å². The first kappa shape index (κ1) is 16.1. The van der Waals surface area contributed by atoms with Gasteiger partial charge in [-0.1, -0.05) is 20.8 Å². The van der Waals surface area contributed by atoms with Crippen LogP contribution in [0.15, 0.2) is 23.8 Å². The van der Waals surface area contributed by atoms with Crippen molar-refractivity contribution in [2.75, 3.05) is 6.54 Å². The summed E-state index contributed by atoms with van der Waals surface area (Å²) in [6.07, 6.45) is 6.32. The number of carbonyl (C=O) groups is 1. The van der Waals surface area contributed by atoms with Crippen LogP contribution >= 0.6 is 11.3 Å². The first-order valence-corrected chi connectivity index (χ1v) is 8.88. The molecular formula is C17H22N4OS. The first-order valence-electron chi connectivity index (χ1n) is 8.01. The first-order chi connectivity index (χ1) is 11.0. The number of hydrogen-bond donors (Lipinski definition) is 0. The molecule has 3 heterocycles. The molecule has 1 saturated heterocycles. The van der Waals surface area contributed by atoms with Gasteiger partial charge in [-0.3, -0.25) is 4.79 Å². The van der Waals surface area contributed by atoms with Crippen LogP contribution in [0.25, 0.3) is 0 Å². The summed E-state index contributed by atoms with van der Waals surface area (Å²) in [4.78, 5) is 27.7. The molecule has 1 amide bonds. The number of hydrogen-bond acceptors (Lipinski definition) is 5. The van der Waals surface area contributed by atoms with Gasteiger partial charge in [0.1, 0.15) is 5.01 Å². The third-order valence-corrected chi connectivity index (χ3v) is 5.04. The minimum atomic E-state index is -0.0946. The van der Waals surface area contributed by atoms with Gasteiger partial charge in [0.05, 0.1) is 11.7 Å². The average molecular weight is 330 g/mol. The summed E-state index contributed by atoms with van der Waals surface area (Å²) < 4.78 is 0. The van der Waals surface area contributed by atoms with Crippen LogP contribution in [0.1, 0.15) is 67.4 Å². The predicted molar refractivity (Wildman–Crippen MR) is 90.5 cm³/mol. The quantitative estimate of drug-likeness (QED) is 0.844. The van der Waals surface area contributed by atoms with Gasteiger partial charge in [0.2, 0.25) is 5.82 Å². The normalized spacial score (nSPS) is 18.9. The maximum atomic E-state index is 12.8. The third kappa shape index (κ3) is 3.42. The molecule has 0 N–H and O–H groups in total. The van der Waals surface area contributed by atoms with Gasteiger partial charge in [0, 0.05) is 29.7 Å². The van der Waals surface area contributed by atoms with Crippen molar-refractivity contribution in [3.05, 3.63) is 40.4 Å². The summed E-state index contributed by atoms with van der Waals surface area (Å²) in [5.74, 6) is 0.176. The van der Waals surface area contributed by atoms with Crippen molar-refractivity contribution >= 4 is 17.2 Å². The molecule has 0 aliphatic carbocycles. The van der Waals surface area contributed by atoms with Crippen LogP contribution < -0.4 is 0 Å². The third-order valence-electron chi connectivity index (χ3n) is 4.10. The standard InChI is InChI=1S/C17H22N4OS/c1-17(2,3)13-11-23-15(20-13)12-7-4-5-10-21(12)16(22)14-18-8-6-9-19-14/h6,8-9,11-12H,4-5,7,10H2,1-3H3/t12-/m0/s1. The van der Waals surface area contributed by atoms with Gasteiger partial charge < -0.3 is 4.90 Å². The summed E-state index contributed by atoms with van der Waals surface area (Å²) in [5, 5.41) is 3.14. The summed E-state index contributed by atoms with van der Waals surface area (Å²) in [6, 6.07) is 1.77. The van der Waals surface area contributed by atoms with E-state index in [1.165, 1.54) is 0 Å². The number of amides is 1. The van der Waals surface area contributed by atoms with E-state index in [4.69, 9.17) is 4.98 Å². The van der Waals surface area contributed by atoms with E-state index in [-0.39, 0.29) is 23.2 Å². The van der Waals surface area contributed by atoms with Crippen LogP contribution in [0, 0.1) is 0 Å². The predicted octanol–water partition coefficient (Wildman–Crippen LogP) is 3.60. The Morgan fingerprint density at radius 2 is 2.00 bits per heavy atom. The Morgan fingerprint density at radius 1 is 1.26 bits per heavy atom. The van der Waals surface area contributed by atoms with Gasteiger partial charge in [-0.2, -0.15) is 0 Å². The molecule has 0 saturated carbocycles. The molecule has 0 aromatic carbocycles. The maximum Gasteiger partial charge on any atom is 0.292 e. The monoisotopic (exact) mass is 330 g/mol. The van der Waals surface area contributed by atoms with Crippen molar-refractivity contribution in [3.63, 3.8) is 0 Å². The number of thiazole rings is 1. The number of likely N-dealkylation sites (tertiary alicyclic amines) is 1. The van der Waals surface area contributed by atoms with Crippen molar-refractivity contribution < 1.29 is 4.79 Å². The van der Waals surface area contributed by atoms with Gasteiger partial charge in [0.25, 0.3) is 5.91 Å². The molecule has 1 aliphatic rings. The van der Waals surface area contributed by atoms with E-state index in [0.717, 1.165) is 36.5 Å². The van der Waals surface area contributed by atoms with Crippen molar-refractivity contribution in [2.24, 2.45) is 0 Å². The van der Waals surface area contributed by atoms with Crippen molar-refractivity contribution in [3.8, 4) is 0 Å². The van der Waals surface area contributed by atoms with Gasteiger partial charge in [-0.25, -0.2) is 15.0 Å². The van der Waals surface area contributed by atoms with E-state index in [0.29, 0.717) is 0 Å². The fourth-order valence-electron chi connectivity index (χ4n) is 2.75. The van der Waals surface area contributed by atoms with Crippen LogP contribution in [0.3, 0.4) is 0 Å². The van der Waals surface area contributed by atoms with Crippen LogP contribution in [0.5, 0.6) is 0 Å². The Balaban J connectivity index is 1.87. The largest absolute Gasteiger partial charge is 0.326 e. The highest BCUT2D eigenvalue weighted by Crippen LogP contribution is 2.35. The highest BCUT2D eigenvalue weighted by molar-refractivity contribution is 7.09. The molecule has 0 bridgehead atoms. The van der Waals surface area contributed by atoms with E-state index in [1.807, 2.05) is 4.90 Å². The SMILES string of the molecule is CC(C)(C)c1csc([C@@H]2CCCCN2C(=O)c2ncccn2)n1. The zero-order chi connectivity index (χ0) is 16.4. The molecule has 2 aromatic rings. The summed E-state index contributed by atoms with van der Waals surface area (Å²) in [5.41, 5.74) is 1.12. The van der Waals surface area contributed by atoms with Gasteiger partial charge in [-0.05, 0) is 25.3 Å².